The van der Waals surface area contributed by atoms with Crippen LogP contribution in [0.1, 0.15) is 50.6 Å². The van der Waals surface area contributed by atoms with E-state index < -0.39 is 0 Å². The Morgan fingerprint density at radius 2 is 1.85 bits per heavy atom. The van der Waals surface area contributed by atoms with Crippen LogP contribution in [0.25, 0.3) is 0 Å². The molecule has 0 spiro atoms. The quantitative estimate of drug-likeness (QED) is 0.829. The number of fused-ring (bicyclic) bond motifs is 1. The van der Waals surface area contributed by atoms with E-state index in [1.54, 1.807) is 0 Å². The number of nitrogens with zero attached hydrogens (tertiary/aromatic N) is 1. The van der Waals surface area contributed by atoms with E-state index in [0.717, 1.165) is 12.8 Å². The predicted octanol–water partition coefficient (Wildman–Crippen LogP) is 3.11. The summed E-state index contributed by atoms with van der Waals surface area (Å²) in [5, 5.41) is 0. The topological polar surface area (TPSA) is 37.4 Å². The molecule has 0 aromatic heterocycles. The number of carbonyl (C=O) groups is 2. The van der Waals surface area contributed by atoms with Crippen molar-refractivity contribution in [2.45, 2.75) is 51.1 Å². The number of benzene rings is 1. The fourth-order valence-corrected chi connectivity index (χ4v) is 3.75. The van der Waals surface area contributed by atoms with Crippen LogP contribution in [0.5, 0.6) is 0 Å². The average Bonchev–Trinajstić information content (AvgIpc) is 2.48. The average molecular weight is 271 g/mol. The number of hydrogen-bond acceptors (Lipinski definition) is 2. The largest absolute Gasteiger partial charge is 0.333 e. The molecule has 106 valence electrons. The zero-order chi connectivity index (χ0) is 14.1. The summed E-state index contributed by atoms with van der Waals surface area (Å²) in [5.41, 5.74) is 1.18. The van der Waals surface area contributed by atoms with Crippen LogP contribution >= 0.6 is 0 Å². The zero-order valence-corrected chi connectivity index (χ0v) is 11.9. The SMILES string of the molecule is CC(c1ccccc1)N1C(=O)CC[C@H]2CC(=O)CC[C@@H]21. The fourth-order valence-electron chi connectivity index (χ4n) is 3.75. The van der Waals surface area contributed by atoms with E-state index in [0.29, 0.717) is 31.0 Å². The minimum Gasteiger partial charge on any atom is -0.333 e. The normalized spacial score (nSPS) is 28.1. The van der Waals surface area contributed by atoms with Crippen molar-refractivity contribution in [3.63, 3.8) is 0 Å². The van der Waals surface area contributed by atoms with Crippen molar-refractivity contribution in [3.8, 4) is 0 Å². The van der Waals surface area contributed by atoms with Crippen LogP contribution in [0.4, 0.5) is 0 Å². The predicted molar refractivity (Wildman–Crippen MR) is 77.1 cm³/mol. The fraction of sp³-hybridized carbons (Fsp3) is 0.529. The van der Waals surface area contributed by atoms with Crippen molar-refractivity contribution in [2.75, 3.05) is 0 Å². The van der Waals surface area contributed by atoms with Crippen LogP contribution in [0.15, 0.2) is 30.3 Å². The van der Waals surface area contributed by atoms with Gasteiger partial charge in [0.2, 0.25) is 5.91 Å². The molecule has 3 heteroatoms. The highest BCUT2D eigenvalue weighted by Crippen LogP contribution is 2.38. The van der Waals surface area contributed by atoms with Gasteiger partial charge in [-0.1, -0.05) is 30.3 Å². The Balaban J connectivity index is 1.86. The molecular weight excluding hydrogens is 250 g/mol. The Hall–Kier alpha value is -1.64. The van der Waals surface area contributed by atoms with Gasteiger partial charge in [0, 0.05) is 25.3 Å². The molecule has 1 heterocycles. The van der Waals surface area contributed by atoms with E-state index in [1.807, 2.05) is 18.2 Å². The summed E-state index contributed by atoms with van der Waals surface area (Å²) >= 11 is 0. The molecule has 0 radical (unpaired) electrons. The van der Waals surface area contributed by atoms with Crippen molar-refractivity contribution >= 4 is 11.7 Å². The highest BCUT2D eigenvalue weighted by Gasteiger charge is 2.41. The highest BCUT2D eigenvalue weighted by atomic mass is 16.2. The number of ketones is 1. The van der Waals surface area contributed by atoms with Gasteiger partial charge in [0.15, 0.2) is 0 Å². The molecule has 1 saturated carbocycles. The first-order chi connectivity index (χ1) is 9.66. The molecule has 3 rings (SSSR count). The van der Waals surface area contributed by atoms with E-state index in [2.05, 4.69) is 24.0 Å². The summed E-state index contributed by atoms with van der Waals surface area (Å²) < 4.78 is 0. The second-order valence-electron chi connectivity index (χ2n) is 6.04. The van der Waals surface area contributed by atoms with Gasteiger partial charge in [0.1, 0.15) is 5.78 Å². The summed E-state index contributed by atoms with van der Waals surface area (Å²) in [4.78, 5) is 26.1. The number of piperidine rings is 1. The molecule has 3 nitrogen and oxygen atoms in total. The van der Waals surface area contributed by atoms with Crippen LogP contribution in [-0.4, -0.2) is 22.6 Å². The molecule has 2 fully saturated rings. The number of likely N-dealkylation sites (tertiary alicyclic amines) is 1. The Labute approximate surface area is 120 Å². The first-order valence-corrected chi connectivity index (χ1v) is 7.54. The second-order valence-corrected chi connectivity index (χ2v) is 6.04. The van der Waals surface area contributed by atoms with E-state index >= 15 is 0 Å². The van der Waals surface area contributed by atoms with E-state index in [-0.39, 0.29) is 18.0 Å². The van der Waals surface area contributed by atoms with Gasteiger partial charge in [-0.2, -0.15) is 0 Å². The third-order valence-corrected chi connectivity index (χ3v) is 4.83. The van der Waals surface area contributed by atoms with E-state index in [4.69, 9.17) is 0 Å². The first kappa shape index (κ1) is 13.3. The number of carbonyl (C=O) groups excluding carboxylic acids is 2. The number of amides is 1. The number of rotatable bonds is 2. The number of Topliss-reactive ketones (excluding diaryl/α,β-unsaturated/α-hetero) is 1. The molecule has 1 aliphatic heterocycles. The molecule has 20 heavy (non-hydrogen) atoms. The molecule has 1 unspecified atom stereocenters. The Morgan fingerprint density at radius 1 is 1.10 bits per heavy atom. The van der Waals surface area contributed by atoms with Gasteiger partial charge >= 0.3 is 0 Å². The van der Waals surface area contributed by atoms with Gasteiger partial charge in [-0.3, -0.25) is 9.59 Å². The summed E-state index contributed by atoms with van der Waals surface area (Å²) in [6.07, 6.45) is 3.60. The van der Waals surface area contributed by atoms with Crippen LogP contribution < -0.4 is 0 Å². The van der Waals surface area contributed by atoms with Crippen molar-refractivity contribution in [1.29, 1.82) is 0 Å². The van der Waals surface area contributed by atoms with Gasteiger partial charge in [-0.25, -0.2) is 0 Å². The lowest BCUT2D eigenvalue weighted by Gasteiger charge is -2.46. The van der Waals surface area contributed by atoms with E-state index in [1.165, 1.54) is 5.56 Å². The Morgan fingerprint density at radius 3 is 2.60 bits per heavy atom. The van der Waals surface area contributed by atoms with Gasteiger partial charge in [0.05, 0.1) is 6.04 Å². The molecule has 1 aromatic rings. The molecular formula is C17H21NO2. The maximum absolute atomic E-state index is 12.4. The lowest BCUT2D eigenvalue weighted by Crippen LogP contribution is -2.51. The van der Waals surface area contributed by atoms with Crippen LogP contribution in [0.3, 0.4) is 0 Å². The zero-order valence-electron chi connectivity index (χ0n) is 11.9. The van der Waals surface area contributed by atoms with Crippen LogP contribution in [0.2, 0.25) is 0 Å². The van der Waals surface area contributed by atoms with Crippen molar-refractivity contribution in [1.82, 2.24) is 4.90 Å². The molecule has 1 aromatic carbocycles. The van der Waals surface area contributed by atoms with Gasteiger partial charge in [0.25, 0.3) is 0 Å². The molecule has 1 amide bonds. The summed E-state index contributed by atoms with van der Waals surface area (Å²) in [6, 6.07) is 10.5. The van der Waals surface area contributed by atoms with Crippen LogP contribution in [0, 0.1) is 5.92 Å². The third-order valence-electron chi connectivity index (χ3n) is 4.83. The van der Waals surface area contributed by atoms with Crippen molar-refractivity contribution in [2.24, 2.45) is 5.92 Å². The Bertz CT molecular complexity index is 511. The number of hydrogen-bond donors (Lipinski definition) is 0. The minimum atomic E-state index is 0.102. The molecule has 0 N–H and O–H groups in total. The monoisotopic (exact) mass is 271 g/mol. The highest BCUT2D eigenvalue weighted by molar-refractivity contribution is 5.82. The smallest absolute Gasteiger partial charge is 0.223 e. The maximum Gasteiger partial charge on any atom is 0.223 e. The molecule has 1 saturated heterocycles. The van der Waals surface area contributed by atoms with Crippen molar-refractivity contribution in [3.05, 3.63) is 35.9 Å². The summed E-state index contributed by atoms with van der Waals surface area (Å²) in [7, 11) is 0. The standard InChI is InChI=1S/C17H21NO2/c1-12(13-5-3-2-4-6-13)18-16-9-8-15(19)11-14(16)7-10-17(18)20/h2-6,12,14,16H,7-11H2,1H3/t12?,14-,16-/m0/s1. The molecule has 2 aliphatic rings. The molecule has 3 atom stereocenters. The van der Waals surface area contributed by atoms with Gasteiger partial charge in [-0.05, 0) is 31.2 Å². The van der Waals surface area contributed by atoms with Gasteiger partial charge < -0.3 is 4.90 Å². The van der Waals surface area contributed by atoms with Crippen molar-refractivity contribution < 1.29 is 9.59 Å². The lowest BCUT2D eigenvalue weighted by atomic mass is 9.76. The summed E-state index contributed by atoms with van der Waals surface area (Å²) in [5.74, 6) is 0.991. The third kappa shape index (κ3) is 2.37. The maximum atomic E-state index is 12.4. The first-order valence-electron chi connectivity index (χ1n) is 7.54. The lowest BCUT2D eigenvalue weighted by molar-refractivity contribution is -0.146. The minimum absolute atomic E-state index is 0.102. The summed E-state index contributed by atoms with van der Waals surface area (Å²) in [6.45, 7) is 2.10. The second kappa shape index (κ2) is 5.39. The van der Waals surface area contributed by atoms with Crippen LogP contribution in [-0.2, 0) is 9.59 Å². The van der Waals surface area contributed by atoms with Gasteiger partial charge in [-0.15, -0.1) is 0 Å². The molecule has 0 bridgehead atoms. The van der Waals surface area contributed by atoms with E-state index in [9.17, 15) is 9.59 Å². The Kier molecular flexibility index (Phi) is 3.60. The molecule has 1 aliphatic carbocycles.